The summed E-state index contributed by atoms with van der Waals surface area (Å²) in [5.74, 6) is 0. The molecular formula is C21H43NO. The predicted molar refractivity (Wildman–Crippen MR) is 102 cm³/mol. The Morgan fingerprint density at radius 2 is 1.35 bits per heavy atom. The van der Waals surface area contributed by atoms with E-state index in [0.29, 0.717) is 18.2 Å². The summed E-state index contributed by atoms with van der Waals surface area (Å²) in [5.41, 5.74) is 0. The summed E-state index contributed by atoms with van der Waals surface area (Å²) >= 11 is 0. The van der Waals surface area contributed by atoms with Crippen molar-refractivity contribution in [1.29, 1.82) is 0 Å². The standard InChI is InChI=1S/C21H43NO/c1-5-8-16-21(22-17-12-10-9-11-13-18-22)19(4)23-20(14-6-2)15-7-3/h19-21H,5-18H2,1-4H3. The topological polar surface area (TPSA) is 12.5 Å². The molecule has 2 heteroatoms. The second-order valence-electron chi connectivity index (χ2n) is 7.55. The average molecular weight is 326 g/mol. The number of ether oxygens (including phenoxy) is 1. The van der Waals surface area contributed by atoms with Crippen molar-refractivity contribution in [2.24, 2.45) is 0 Å². The van der Waals surface area contributed by atoms with E-state index in [4.69, 9.17) is 4.74 Å². The van der Waals surface area contributed by atoms with E-state index in [-0.39, 0.29) is 0 Å². The second-order valence-corrected chi connectivity index (χ2v) is 7.55. The minimum absolute atomic E-state index is 0.379. The number of nitrogens with zero attached hydrogens (tertiary/aromatic N) is 1. The van der Waals surface area contributed by atoms with Crippen LogP contribution in [0.3, 0.4) is 0 Å². The molecule has 0 N–H and O–H groups in total. The van der Waals surface area contributed by atoms with E-state index in [1.165, 1.54) is 90.1 Å². The molecule has 2 nitrogen and oxygen atoms in total. The van der Waals surface area contributed by atoms with Gasteiger partial charge in [0.2, 0.25) is 0 Å². The largest absolute Gasteiger partial charge is 0.374 e. The number of rotatable bonds is 11. The monoisotopic (exact) mass is 325 g/mol. The van der Waals surface area contributed by atoms with Crippen LogP contribution in [0.2, 0.25) is 0 Å². The lowest BCUT2D eigenvalue weighted by Crippen LogP contribution is -2.46. The number of hydrogen-bond acceptors (Lipinski definition) is 2. The van der Waals surface area contributed by atoms with Gasteiger partial charge in [0, 0.05) is 6.04 Å². The Morgan fingerprint density at radius 1 is 0.783 bits per heavy atom. The minimum atomic E-state index is 0.379. The molecule has 1 aliphatic rings. The fourth-order valence-corrected chi connectivity index (χ4v) is 4.05. The fourth-order valence-electron chi connectivity index (χ4n) is 4.05. The molecule has 0 aromatic carbocycles. The lowest BCUT2D eigenvalue weighted by Gasteiger charge is -2.38. The molecule has 0 radical (unpaired) electrons. The molecule has 0 aliphatic carbocycles. The first-order chi connectivity index (χ1) is 11.2. The van der Waals surface area contributed by atoms with E-state index in [2.05, 4.69) is 32.6 Å². The summed E-state index contributed by atoms with van der Waals surface area (Å²) in [7, 11) is 0. The van der Waals surface area contributed by atoms with Crippen molar-refractivity contribution in [3.05, 3.63) is 0 Å². The van der Waals surface area contributed by atoms with Crippen molar-refractivity contribution in [2.75, 3.05) is 13.1 Å². The van der Waals surface area contributed by atoms with Crippen LogP contribution >= 0.6 is 0 Å². The van der Waals surface area contributed by atoms with Gasteiger partial charge < -0.3 is 4.74 Å². The Labute approximate surface area is 146 Å². The summed E-state index contributed by atoms with van der Waals surface area (Å²) in [6.45, 7) is 11.8. The molecule has 2 unspecified atom stereocenters. The van der Waals surface area contributed by atoms with Crippen molar-refractivity contribution >= 4 is 0 Å². The molecule has 0 amide bonds. The summed E-state index contributed by atoms with van der Waals surface area (Å²) in [4.78, 5) is 2.77. The van der Waals surface area contributed by atoms with E-state index in [0.717, 1.165) is 0 Å². The van der Waals surface area contributed by atoms with Crippen LogP contribution in [0.4, 0.5) is 0 Å². The molecule has 2 atom stereocenters. The molecule has 1 saturated heterocycles. The van der Waals surface area contributed by atoms with Crippen LogP contribution in [-0.2, 0) is 4.74 Å². The number of unbranched alkanes of at least 4 members (excludes halogenated alkanes) is 1. The Balaban J connectivity index is 2.64. The highest BCUT2D eigenvalue weighted by atomic mass is 16.5. The zero-order valence-corrected chi connectivity index (χ0v) is 16.5. The summed E-state index contributed by atoms with van der Waals surface area (Å²) < 4.78 is 6.57. The fraction of sp³-hybridized carbons (Fsp3) is 1.00. The van der Waals surface area contributed by atoms with Gasteiger partial charge in [0.1, 0.15) is 0 Å². The Kier molecular flexibility index (Phi) is 12.1. The van der Waals surface area contributed by atoms with Gasteiger partial charge in [-0.3, -0.25) is 4.90 Å². The van der Waals surface area contributed by atoms with E-state index in [9.17, 15) is 0 Å². The van der Waals surface area contributed by atoms with Crippen molar-refractivity contribution in [1.82, 2.24) is 4.90 Å². The summed E-state index contributed by atoms with van der Waals surface area (Å²) in [6, 6.07) is 0.629. The van der Waals surface area contributed by atoms with Gasteiger partial charge in [-0.15, -0.1) is 0 Å². The van der Waals surface area contributed by atoms with Crippen LogP contribution in [0.15, 0.2) is 0 Å². The highest BCUT2D eigenvalue weighted by Gasteiger charge is 2.26. The minimum Gasteiger partial charge on any atom is -0.374 e. The Hall–Kier alpha value is -0.0800. The van der Waals surface area contributed by atoms with Gasteiger partial charge in [-0.25, -0.2) is 0 Å². The quantitative estimate of drug-likeness (QED) is 0.449. The van der Waals surface area contributed by atoms with Gasteiger partial charge in [-0.05, 0) is 52.1 Å². The molecule has 1 fully saturated rings. The SMILES string of the molecule is CCCCC(C(C)OC(CCC)CCC)N1CCCCCCC1. The molecule has 1 heterocycles. The lowest BCUT2D eigenvalue weighted by molar-refractivity contribution is -0.0596. The van der Waals surface area contributed by atoms with Gasteiger partial charge in [0.05, 0.1) is 12.2 Å². The zero-order chi connectivity index (χ0) is 16.9. The van der Waals surface area contributed by atoms with Crippen LogP contribution in [-0.4, -0.2) is 36.2 Å². The Morgan fingerprint density at radius 3 is 1.87 bits per heavy atom. The lowest BCUT2D eigenvalue weighted by atomic mass is 9.99. The number of likely N-dealkylation sites (tertiary alicyclic amines) is 1. The maximum Gasteiger partial charge on any atom is 0.0705 e. The maximum absolute atomic E-state index is 6.57. The molecule has 0 saturated carbocycles. The molecule has 0 bridgehead atoms. The first-order valence-electron chi connectivity index (χ1n) is 10.6. The first kappa shape index (κ1) is 21.0. The van der Waals surface area contributed by atoms with Crippen LogP contribution in [0.1, 0.15) is 105 Å². The smallest absolute Gasteiger partial charge is 0.0705 e. The highest BCUT2D eigenvalue weighted by Crippen LogP contribution is 2.22. The van der Waals surface area contributed by atoms with Crippen LogP contribution in [0, 0.1) is 0 Å². The molecular weight excluding hydrogens is 282 g/mol. The van der Waals surface area contributed by atoms with Gasteiger partial charge in [0.25, 0.3) is 0 Å². The summed E-state index contributed by atoms with van der Waals surface area (Å²) in [6.07, 6.45) is 16.7. The molecule has 1 aliphatic heterocycles. The normalized spacial score (nSPS) is 20.2. The van der Waals surface area contributed by atoms with Gasteiger partial charge in [-0.2, -0.15) is 0 Å². The molecule has 0 aromatic rings. The van der Waals surface area contributed by atoms with Crippen molar-refractivity contribution < 1.29 is 4.74 Å². The van der Waals surface area contributed by atoms with Crippen LogP contribution in [0.25, 0.3) is 0 Å². The number of hydrogen-bond donors (Lipinski definition) is 0. The van der Waals surface area contributed by atoms with Crippen molar-refractivity contribution in [3.63, 3.8) is 0 Å². The van der Waals surface area contributed by atoms with Crippen molar-refractivity contribution in [2.45, 2.75) is 123 Å². The van der Waals surface area contributed by atoms with Gasteiger partial charge in [-0.1, -0.05) is 65.7 Å². The zero-order valence-electron chi connectivity index (χ0n) is 16.5. The predicted octanol–water partition coefficient (Wildman–Crippen LogP) is 6.19. The molecule has 0 aromatic heterocycles. The van der Waals surface area contributed by atoms with Gasteiger partial charge in [0.15, 0.2) is 0 Å². The van der Waals surface area contributed by atoms with Crippen LogP contribution < -0.4 is 0 Å². The first-order valence-corrected chi connectivity index (χ1v) is 10.6. The molecule has 138 valence electrons. The highest BCUT2D eigenvalue weighted by molar-refractivity contribution is 4.80. The van der Waals surface area contributed by atoms with E-state index < -0.39 is 0 Å². The van der Waals surface area contributed by atoms with Gasteiger partial charge >= 0.3 is 0 Å². The third kappa shape index (κ3) is 8.54. The van der Waals surface area contributed by atoms with Crippen molar-refractivity contribution in [3.8, 4) is 0 Å². The Bertz CT molecular complexity index is 255. The maximum atomic E-state index is 6.57. The van der Waals surface area contributed by atoms with E-state index >= 15 is 0 Å². The molecule has 1 rings (SSSR count). The summed E-state index contributed by atoms with van der Waals surface area (Å²) in [5, 5.41) is 0. The molecule has 23 heavy (non-hydrogen) atoms. The average Bonchev–Trinajstić information content (AvgIpc) is 2.49. The van der Waals surface area contributed by atoms with Crippen LogP contribution in [0.5, 0.6) is 0 Å². The van der Waals surface area contributed by atoms with E-state index in [1.807, 2.05) is 0 Å². The third-order valence-corrected chi connectivity index (χ3v) is 5.38. The second kappa shape index (κ2) is 13.2. The molecule has 0 spiro atoms. The third-order valence-electron chi connectivity index (χ3n) is 5.38. The van der Waals surface area contributed by atoms with E-state index in [1.54, 1.807) is 0 Å².